The molecule has 2 atom stereocenters. The van der Waals surface area contributed by atoms with E-state index < -0.39 is 0 Å². The summed E-state index contributed by atoms with van der Waals surface area (Å²) in [6.45, 7) is 6.45. The molecular weight excluding hydrogens is 160 g/mol. The molecule has 0 aromatic carbocycles. The lowest BCUT2D eigenvalue weighted by molar-refractivity contribution is -0.112. The Morgan fingerprint density at radius 3 is 2.38 bits per heavy atom. The van der Waals surface area contributed by atoms with Crippen LogP contribution >= 0.6 is 0 Å². The van der Waals surface area contributed by atoms with Gasteiger partial charge in [0, 0.05) is 5.92 Å². The Kier molecular flexibility index (Phi) is 7.66. The maximum absolute atomic E-state index is 10.8. The van der Waals surface area contributed by atoms with Gasteiger partial charge in [-0.2, -0.15) is 0 Å². The molecular formula is C12H22O. The van der Waals surface area contributed by atoms with Crippen molar-refractivity contribution in [3.05, 3.63) is 12.2 Å². The van der Waals surface area contributed by atoms with Crippen molar-refractivity contribution < 1.29 is 4.79 Å². The molecule has 0 N–H and O–H groups in total. The fourth-order valence-corrected chi connectivity index (χ4v) is 1.51. The van der Waals surface area contributed by atoms with E-state index >= 15 is 0 Å². The number of hydrogen-bond donors (Lipinski definition) is 0. The molecule has 0 heterocycles. The third-order valence-electron chi connectivity index (χ3n) is 2.46. The van der Waals surface area contributed by atoms with Crippen molar-refractivity contribution >= 4 is 6.29 Å². The van der Waals surface area contributed by atoms with Crippen molar-refractivity contribution in [1.29, 1.82) is 0 Å². The minimum atomic E-state index is 0.225. The van der Waals surface area contributed by atoms with Crippen LogP contribution in [0, 0.1) is 11.8 Å². The molecule has 13 heavy (non-hydrogen) atoms. The van der Waals surface area contributed by atoms with E-state index in [1.807, 2.05) is 0 Å². The highest BCUT2D eigenvalue weighted by atomic mass is 16.1. The molecule has 0 aromatic heterocycles. The van der Waals surface area contributed by atoms with Crippen LogP contribution < -0.4 is 0 Å². The van der Waals surface area contributed by atoms with Crippen molar-refractivity contribution in [3.63, 3.8) is 0 Å². The molecule has 0 rings (SSSR count). The van der Waals surface area contributed by atoms with E-state index in [2.05, 4.69) is 32.9 Å². The van der Waals surface area contributed by atoms with Gasteiger partial charge in [-0.15, -0.1) is 0 Å². The molecule has 0 amide bonds. The fourth-order valence-electron chi connectivity index (χ4n) is 1.51. The van der Waals surface area contributed by atoms with Gasteiger partial charge >= 0.3 is 0 Å². The first kappa shape index (κ1) is 12.4. The minimum absolute atomic E-state index is 0.225. The Labute approximate surface area is 82.2 Å². The molecule has 2 unspecified atom stereocenters. The first-order valence-electron chi connectivity index (χ1n) is 5.36. The Balaban J connectivity index is 3.86. The van der Waals surface area contributed by atoms with E-state index in [4.69, 9.17) is 0 Å². The molecule has 0 aromatic rings. The average Bonchev–Trinajstić information content (AvgIpc) is 2.13. The zero-order chi connectivity index (χ0) is 10.1. The number of carbonyl (C=O) groups is 1. The van der Waals surface area contributed by atoms with Crippen LogP contribution in [0.25, 0.3) is 0 Å². The van der Waals surface area contributed by atoms with Gasteiger partial charge < -0.3 is 4.79 Å². The third kappa shape index (κ3) is 5.62. The molecule has 0 bridgehead atoms. The molecule has 1 heteroatoms. The van der Waals surface area contributed by atoms with Gasteiger partial charge in [-0.25, -0.2) is 0 Å². The largest absolute Gasteiger partial charge is 0.303 e. The molecule has 76 valence electrons. The van der Waals surface area contributed by atoms with Gasteiger partial charge in [0.05, 0.1) is 0 Å². The van der Waals surface area contributed by atoms with Crippen LogP contribution in [0.1, 0.15) is 46.5 Å². The summed E-state index contributed by atoms with van der Waals surface area (Å²) in [6.07, 6.45) is 9.68. The van der Waals surface area contributed by atoms with Gasteiger partial charge in [-0.05, 0) is 18.8 Å². The molecule has 0 aliphatic heterocycles. The quantitative estimate of drug-likeness (QED) is 0.434. The van der Waals surface area contributed by atoms with Gasteiger partial charge in [-0.1, -0.05) is 45.8 Å². The molecule has 0 aliphatic rings. The summed E-state index contributed by atoms with van der Waals surface area (Å²) in [5.74, 6) is 0.756. The van der Waals surface area contributed by atoms with Crippen LogP contribution in [0.5, 0.6) is 0 Å². The van der Waals surface area contributed by atoms with Crippen LogP contribution in [-0.4, -0.2) is 6.29 Å². The van der Waals surface area contributed by atoms with Gasteiger partial charge in [0.1, 0.15) is 6.29 Å². The van der Waals surface area contributed by atoms with Crippen molar-refractivity contribution in [2.45, 2.75) is 46.5 Å². The van der Waals surface area contributed by atoms with Gasteiger partial charge in [0.2, 0.25) is 0 Å². The Bertz CT molecular complexity index is 149. The first-order valence-corrected chi connectivity index (χ1v) is 5.36. The molecule has 0 saturated carbocycles. The van der Waals surface area contributed by atoms with Crippen molar-refractivity contribution in [1.82, 2.24) is 0 Å². The summed E-state index contributed by atoms with van der Waals surface area (Å²) in [5.41, 5.74) is 0. The molecule has 1 nitrogen and oxygen atoms in total. The van der Waals surface area contributed by atoms with E-state index in [-0.39, 0.29) is 5.92 Å². The molecule has 0 aliphatic carbocycles. The summed E-state index contributed by atoms with van der Waals surface area (Å²) in [4.78, 5) is 10.8. The highest BCUT2D eigenvalue weighted by molar-refractivity contribution is 5.54. The maximum atomic E-state index is 10.8. The highest BCUT2D eigenvalue weighted by Gasteiger charge is 2.13. The Morgan fingerprint density at radius 2 is 1.92 bits per heavy atom. The van der Waals surface area contributed by atoms with Gasteiger partial charge in [0.25, 0.3) is 0 Å². The van der Waals surface area contributed by atoms with Crippen LogP contribution in [0.4, 0.5) is 0 Å². The maximum Gasteiger partial charge on any atom is 0.123 e. The van der Waals surface area contributed by atoms with E-state index in [0.717, 1.165) is 25.5 Å². The topological polar surface area (TPSA) is 17.1 Å². The second-order valence-electron chi connectivity index (χ2n) is 3.68. The second kappa shape index (κ2) is 8.03. The monoisotopic (exact) mass is 182 g/mol. The fraction of sp³-hybridized carbons (Fsp3) is 0.750. The number of carbonyl (C=O) groups excluding carboxylic acids is 1. The van der Waals surface area contributed by atoms with Gasteiger partial charge in [-0.3, -0.25) is 0 Å². The Morgan fingerprint density at radius 1 is 1.23 bits per heavy atom. The Hall–Kier alpha value is -0.590. The van der Waals surface area contributed by atoms with Crippen molar-refractivity contribution in [3.8, 4) is 0 Å². The van der Waals surface area contributed by atoms with E-state index in [9.17, 15) is 4.79 Å². The van der Waals surface area contributed by atoms with Crippen LogP contribution in [-0.2, 0) is 4.79 Å². The van der Waals surface area contributed by atoms with E-state index in [1.165, 1.54) is 6.42 Å². The lowest BCUT2D eigenvalue weighted by Crippen LogP contribution is -2.12. The summed E-state index contributed by atoms with van der Waals surface area (Å²) in [5, 5.41) is 0. The van der Waals surface area contributed by atoms with E-state index in [0.29, 0.717) is 5.92 Å². The smallest absolute Gasteiger partial charge is 0.123 e. The van der Waals surface area contributed by atoms with Crippen molar-refractivity contribution in [2.24, 2.45) is 11.8 Å². The number of aldehydes is 1. The van der Waals surface area contributed by atoms with Crippen molar-refractivity contribution in [2.75, 3.05) is 0 Å². The lowest BCUT2D eigenvalue weighted by Gasteiger charge is -2.15. The zero-order valence-corrected chi connectivity index (χ0v) is 9.12. The molecule has 0 saturated heterocycles. The van der Waals surface area contributed by atoms with Crippen LogP contribution in [0.2, 0.25) is 0 Å². The standard InChI is InChI=1S/C12H22O/c1-4-6-7-9-12(10-13)11(3)8-5-2/h6-7,10-12H,4-5,8-9H2,1-3H3/b7-6+. The second-order valence-corrected chi connectivity index (χ2v) is 3.68. The number of rotatable bonds is 7. The SMILES string of the molecule is CC/C=C/CC(C=O)C(C)CCC. The summed E-state index contributed by atoms with van der Waals surface area (Å²) >= 11 is 0. The first-order chi connectivity index (χ1) is 6.26. The summed E-state index contributed by atoms with van der Waals surface area (Å²) in [6, 6.07) is 0. The number of allylic oxidation sites excluding steroid dienone is 2. The normalized spacial score (nSPS) is 15.9. The summed E-state index contributed by atoms with van der Waals surface area (Å²) < 4.78 is 0. The molecule has 0 radical (unpaired) electrons. The predicted molar refractivity (Wildman–Crippen MR) is 57.7 cm³/mol. The predicted octanol–water partition coefficient (Wildman–Crippen LogP) is 3.59. The highest BCUT2D eigenvalue weighted by Crippen LogP contribution is 2.18. The zero-order valence-electron chi connectivity index (χ0n) is 9.12. The van der Waals surface area contributed by atoms with E-state index in [1.54, 1.807) is 0 Å². The minimum Gasteiger partial charge on any atom is -0.303 e. The third-order valence-corrected chi connectivity index (χ3v) is 2.46. The number of hydrogen-bond acceptors (Lipinski definition) is 1. The molecule has 0 fully saturated rings. The average molecular weight is 182 g/mol. The van der Waals surface area contributed by atoms with Crippen LogP contribution in [0.15, 0.2) is 12.2 Å². The summed E-state index contributed by atoms with van der Waals surface area (Å²) in [7, 11) is 0. The van der Waals surface area contributed by atoms with Crippen LogP contribution in [0.3, 0.4) is 0 Å². The lowest BCUT2D eigenvalue weighted by atomic mass is 9.89. The van der Waals surface area contributed by atoms with Gasteiger partial charge in [0.15, 0.2) is 0 Å². The molecule has 0 spiro atoms.